The first-order valence-corrected chi connectivity index (χ1v) is 9.92. The van der Waals surface area contributed by atoms with Crippen LogP contribution in [0, 0.1) is 11.3 Å². The Balaban J connectivity index is 1.93. The topological polar surface area (TPSA) is 173 Å². The van der Waals surface area contributed by atoms with Crippen molar-refractivity contribution in [2.75, 3.05) is 25.6 Å². The molecule has 0 unspecified atom stereocenters. The average Bonchev–Trinajstić information content (AvgIpc) is 3.20. The summed E-state index contributed by atoms with van der Waals surface area (Å²) in [6.45, 7) is 2.92. The van der Waals surface area contributed by atoms with Gasteiger partial charge in [-0.1, -0.05) is 12.1 Å². The molecule has 11 heteroatoms. The predicted molar refractivity (Wildman–Crippen MR) is 112 cm³/mol. The van der Waals surface area contributed by atoms with Gasteiger partial charge < -0.3 is 25.4 Å². The fourth-order valence-corrected chi connectivity index (χ4v) is 2.98. The number of aromatic nitrogens is 2. The van der Waals surface area contributed by atoms with Crippen LogP contribution in [0.3, 0.4) is 0 Å². The minimum atomic E-state index is -1.16. The lowest BCUT2D eigenvalue weighted by Crippen LogP contribution is -2.34. The highest BCUT2D eigenvalue weighted by molar-refractivity contribution is 6.00. The number of benzene rings is 1. The van der Waals surface area contributed by atoms with Gasteiger partial charge in [-0.05, 0) is 26.0 Å². The minimum Gasteiger partial charge on any atom is -0.471 e. The van der Waals surface area contributed by atoms with Crippen molar-refractivity contribution in [2.45, 2.75) is 38.1 Å². The molecule has 0 aliphatic carbocycles. The van der Waals surface area contributed by atoms with Crippen molar-refractivity contribution >= 4 is 11.7 Å². The molecule has 2 aromatic rings. The van der Waals surface area contributed by atoms with E-state index in [1.165, 1.54) is 13.8 Å². The number of nitrogens with zero attached hydrogens (tertiary/aromatic N) is 3. The standard InChI is InChI=1S/C21H25N5O6/c1-21(2,29)11-31-26-19(28)16-17(23)24-18(13-5-3-4-12(6-13)8-22)25-20(16)32-15-7-14(9-27)30-10-15/h3-6,14-15,27,29H,7,9-11H2,1-2H3,(H,26,28)(H2,23,24,25)/t14-,15+/m0/s1. The number of nitrogens with one attached hydrogen (secondary N) is 1. The number of aliphatic hydroxyl groups is 2. The summed E-state index contributed by atoms with van der Waals surface area (Å²) >= 11 is 0. The molecular weight excluding hydrogens is 418 g/mol. The average molecular weight is 443 g/mol. The SMILES string of the molecule is CC(C)(O)CONC(=O)c1c(N)nc(-c2cccc(C#N)c2)nc1O[C@H]1CO[C@H](CO)C1. The van der Waals surface area contributed by atoms with Crippen LogP contribution in [0.5, 0.6) is 5.88 Å². The summed E-state index contributed by atoms with van der Waals surface area (Å²) in [6, 6.07) is 8.64. The number of hydrogen-bond acceptors (Lipinski definition) is 10. The van der Waals surface area contributed by atoms with Crippen molar-refractivity contribution in [1.82, 2.24) is 15.4 Å². The maximum Gasteiger partial charge on any atom is 0.284 e. The smallest absolute Gasteiger partial charge is 0.284 e. The highest BCUT2D eigenvalue weighted by Gasteiger charge is 2.30. The zero-order chi connectivity index (χ0) is 23.3. The van der Waals surface area contributed by atoms with Crippen LogP contribution in [0.25, 0.3) is 11.4 Å². The lowest BCUT2D eigenvalue weighted by molar-refractivity contribution is -0.0523. The molecule has 1 aromatic heterocycles. The molecule has 1 aliphatic heterocycles. The van der Waals surface area contributed by atoms with E-state index in [4.69, 9.17) is 25.3 Å². The van der Waals surface area contributed by atoms with Gasteiger partial charge in [0.25, 0.3) is 5.91 Å². The number of carbonyl (C=O) groups excluding carboxylic acids is 1. The van der Waals surface area contributed by atoms with Crippen LogP contribution in [0.2, 0.25) is 0 Å². The molecule has 1 amide bonds. The van der Waals surface area contributed by atoms with Gasteiger partial charge in [0, 0.05) is 12.0 Å². The molecule has 0 saturated carbocycles. The highest BCUT2D eigenvalue weighted by atomic mass is 16.7. The van der Waals surface area contributed by atoms with Crippen molar-refractivity contribution in [2.24, 2.45) is 0 Å². The van der Waals surface area contributed by atoms with Gasteiger partial charge in [0.05, 0.1) is 36.6 Å². The van der Waals surface area contributed by atoms with E-state index < -0.39 is 17.6 Å². The Kier molecular flexibility index (Phi) is 7.22. The van der Waals surface area contributed by atoms with E-state index in [1.807, 2.05) is 6.07 Å². The molecular formula is C21H25N5O6. The predicted octanol–water partition coefficient (Wildman–Crippen LogP) is 0.558. The Morgan fingerprint density at radius 3 is 2.88 bits per heavy atom. The van der Waals surface area contributed by atoms with Crippen LogP contribution >= 0.6 is 0 Å². The Morgan fingerprint density at radius 1 is 1.44 bits per heavy atom. The van der Waals surface area contributed by atoms with Crippen LogP contribution in [0.15, 0.2) is 24.3 Å². The summed E-state index contributed by atoms with van der Waals surface area (Å²) in [5, 5.41) is 28.2. The molecule has 2 heterocycles. The quantitative estimate of drug-likeness (QED) is 0.422. The van der Waals surface area contributed by atoms with Crippen molar-refractivity contribution < 1.29 is 29.3 Å². The number of rotatable bonds is 8. The van der Waals surface area contributed by atoms with Crippen LogP contribution in [0.1, 0.15) is 36.2 Å². The molecule has 2 atom stereocenters. The third-order valence-electron chi connectivity index (χ3n) is 4.50. The van der Waals surface area contributed by atoms with Crippen LogP contribution < -0.4 is 16.0 Å². The summed E-state index contributed by atoms with van der Waals surface area (Å²) in [7, 11) is 0. The van der Waals surface area contributed by atoms with Gasteiger partial charge in [-0.3, -0.25) is 9.63 Å². The number of amides is 1. The highest BCUT2D eigenvalue weighted by Crippen LogP contribution is 2.29. The number of carbonyl (C=O) groups is 1. The fourth-order valence-electron chi connectivity index (χ4n) is 2.98. The Labute approximate surface area is 184 Å². The summed E-state index contributed by atoms with van der Waals surface area (Å²) < 4.78 is 11.3. The van der Waals surface area contributed by atoms with Gasteiger partial charge >= 0.3 is 0 Å². The number of hydrogen-bond donors (Lipinski definition) is 4. The van der Waals surface area contributed by atoms with E-state index in [2.05, 4.69) is 15.4 Å². The van der Waals surface area contributed by atoms with Crippen molar-refractivity contribution in [3.8, 4) is 23.3 Å². The second kappa shape index (κ2) is 9.88. The molecule has 1 aromatic carbocycles. The van der Waals surface area contributed by atoms with Crippen molar-refractivity contribution in [1.29, 1.82) is 5.26 Å². The number of aliphatic hydroxyl groups excluding tert-OH is 1. The molecule has 5 N–H and O–H groups in total. The number of nitrogen functional groups attached to an aromatic ring is 1. The van der Waals surface area contributed by atoms with Gasteiger partial charge in [0.2, 0.25) is 5.88 Å². The molecule has 170 valence electrons. The van der Waals surface area contributed by atoms with Gasteiger partial charge in [0.15, 0.2) is 5.82 Å². The maximum atomic E-state index is 12.7. The van der Waals surface area contributed by atoms with E-state index >= 15 is 0 Å². The maximum absolute atomic E-state index is 12.7. The zero-order valence-electron chi connectivity index (χ0n) is 17.7. The van der Waals surface area contributed by atoms with Crippen LogP contribution in [-0.4, -0.2) is 63.7 Å². The summed E-state index contributed by atoms with van der Waals surface area (Å²) in [4.78, 5) is 26.4. The second-order valence-electron chi connectivity index (χ2n) is 7.95. The molecule has 1 fully saturated rings. The van der Waals surface area contributed by atoms with Gasteiger partial charge in [-0.25, -0.2) is 10.5 Å². The Morgan fingerprint density at radius 2 is 2.22 bits per heavy atom. The Hall–Kier alpha value is -3.30. The van der Waals surface area contributed by atoms with Gasteiger partial charge in [-0.2, -0.15) is 10.2 Å². The molecule has 32 heavy (non-hydrogen) atoms. The zero-order valence-corrected chi connectivity index (χ0v) is 17.7. The molecule has 3 rings (SSSR count). The minimum absolute atomic E-state index is 0.0913. The second-order valence-corrected chi connectivity index (χ2v) is 7.95. The fraction of sp³-hybridized carbons (Fsp3) is 0.429. The monoisotopic (exact) mass is 443 g/mol. The summed E-state index contributed by atoms with van der Waals surface area (Å²) in [5.41, 5.74) is 7.90. The molecule has 11 nitrogen and oxygen atoms in total. The van der Waals surface area contributed by atoms with Crippen molar-refractivity contribution in [3.05, 3.63) is 35.4 Å². The first-order valence-electron chi connectivity index (χ1n) is 9.92. The number of nitrogens with two attached hydrogens (primary N) is 1. The largest absolute Gasteiger partial charge is 0.471 e. The van der Waals surface area contributed by atoms with Gasteiger partial charge in [0.1, 0.15) is 24.1 Å². The normalized spacial score (nSPS) is 18.2. The van der Waals surface area contributed by atoms with Crippen LogP contribution in [-0.2, 0) is 9.57 Å². The number of hydroxylamine groups is 1. The van der Waals surface area contributed by atoms with E-state index in [9.17, 15) is 15.0 Å². The number of nitriles is 1. The third-order valence-corrected chi connectivity index (χ3v) is 4.50. The van der Waals surface area contributed by atoms with Crippen LogP contribution in [0.4, 0.5) is 5.82 Å². The van der Waals surface area contributed by atoms with Crippen molar-refractivity contribution in [3.63, 3.8) is 0 Å². The summed E-state index contributed by atoms with van der Waals surface area (Å²) in [6.07, 6.45) is -0.447. The lowest BCUT2D eigenvalue weighted by atomic mass is 10.1. The van der Waals surface area contributed by atoms with E-state index in [-0.39, 0.29) is 49.0 Å². The van der Waals surface area contributed by atoms with E-state index in [1.54, 1.807) is 24.3 Å². The van der Waals surface area contributed by atoms with Gasteiger partial charge in [-0.15, -0.1) is 0 Å². The first kappa shape index (κ1) is 23.4. The molecule has 0 bridgehead atoms. The summed E-state index contributed by atoms with van der Waals surface area (Å²) in [5.74, 6) is -0.835. The Bertz CT molecular complexity index is 1020. The molecule has 0 radical (unpaired) electrons. The first-order chi connectivity index (χ1) is 15.2. The molecule has 1 saturated heterocycles. The molecule has 1 aliphatic rings. The molecule has 0 spiro atoms. The number of ether oxygens (including phenoxy) is 2. The third kappa shape index (κ3) is 5.89. The lowest BCUT2D eigenvalue weighted by Gasteiger charge is -2.19. The van der Waals surface area contributed by atoms with E-state index in [0.29, 0.717) is 17.5 Å². The number of anilines is 1. The van der Waals surface area contributed by atoms with E-state index in [0.717, 1.165) is 0 Å².